The molecule has 0 bridgehead atoms. The number of rotatable bonds is 4. The molecule has 1 aromatic carbocycles. The van der Waals surface area contributed by atoms with Gasteiger partial charge in [0, 0.05) is 24.8 Å². The molecule has 0 spiro atoms. The zero-order valence-corrected chi connectivity index (χ0v) is 14.2. The van der Waals surface area contributed by atoms with Crippen molar-refractivity contribution in [1.82, 2.24) is 15.2 Å². The van der Waals surface area contributed by atoms with E-state index in [1.807, 2.05) is 41.3 Å². The summed E-state index contributed by atoms with van der Waals surface area (Å²) in [5.41, 5.74) is 3.08. The number of benzene rings is 1. The predicted molar refractivity (Wildman–Crippen MR) is 95.9 cm³/mol. The van der Waals surface area contributed by atoms with Crippen molar-refractivity contribution >= 4 is 6.03 Å². The smallest absolute Gasteiger partial charge is 0.318 e. The maximum Gasteiger partial charge on any atom is 0.318 e. The Morgan fingerprint density at radius 3 is 2.96 bits per heavy atom. The highest BCUT2D eigenvalue weighted by Crippen LogP contribution is 2.36. The van der Waals surface area contributed by atoms with Crippen molar-refractivity contribution in [1.29, 1.82) is 0 Å². The molecule has 2 aliphatic rings. The van der Waals surface area contributed by atoms with Crippen molar-refractivity contribution in [3.8, 4) is 11.3 Å². The summed E-state index contributed by atoms with van der Waals surface area (Å²) in [6, 6.07) is 14.3. The summed E-state index contributed by atoms with van der Waals surface area (Å²) < 4.78 is 5.56. The van der Waals surface area contributed by atoms with Crippen LogP contribution in [0.1, 0.15) is 18.4 Å². The summed E-state index contributed by atoms with van der Waals surface area (Å²) in [6.07, 6.45) is 4.22. The van der Waals surface area contributed by atoms with E-state index < -0.39 is 0 Å². The lowest BCUT2D eigenvalue weighted by Crippen LogP contribution is -2.53. The first-order chi connectivity index (χ1) is 12.3. The first kappa shape index (κ1) is 16.1. The Labute approximate surface area is 148 Å². The van der Waals surface area contributed by atoms with Crippen molar-refractivity contribution in [3.05, 3.63) is 54.2 Å². The molecular formula is C20H23N3O2. The Morgan fingerprint density at radius 1 is 1.24 bits per heavy atom. The Morgan fingerprint density at radius 2 is 2.16 bits per heavy atom. The summed E-state index contributed by atoms with van der Waals surface area (Å²) in [7, 11) is 0. The number of aromatic nitrogens is 1. The lowest BCUT2D eigenvalue weighted by atomic mass is 10.1. The molecule has 1 saturated carbocycles. The minimum atomic E-state index is 0.0171. The number of carbonyl (C=O) groups is 1. The van der Waals surface area contributed by atoms with Crippen LogP contribution in [0.4, 0.5) is 4.79 Å². The summed E-state index contributed by atoms with van der Waals surface area (Å²) in [5, 5.41) is 3.07. The number of urea groups is 1. The fourth-order valence-electron chi connectivity index (χ4n) is 3.40. The van der Waals surface area contributed by atoms with Gasteiger partial charge in [0.2, 0.25) is 0 Å². The zero-order chi connectivity index (χ0) is 17.1. The van der Waals surface area contributed by atoms with Gasteiger partial charge in [0.15, 0.2) is 0 Å². The van der Waals surface area contributed by atoms with Gasteiger partial charge in [0.1, 0.15) is 0 Å². The van der Waals surface area contributed by atoms with Gasteiger partial charge in [0.25, 0.3) is 0 Å². The van der Waals surface area contributed by atoms with E-state index in [1.165, 1.54) is 12.8 Å². The Hall–Kier alpha value is -2.40. The Balaban J connectivity index is 1.40. The van der Waals surface area contributed by atoms with Gasteiger partial charge in [-0.05, 0) is 42.5 Å². The van der Waals surface area contributed by atoms with E-state index >= 15 is 0 Å². The molecule has 1 saturated heterocycles. The standard InChI is InChI=1S/C20H23N3O2/c24-20(23-10-11-25-14-19(23)16-7-8-16)22-13-15-4-3-5-17(12-15)18-6-1-2-9-21-18/h1-6,9,12,16,19H,7-8,10-11,13-14H2,(H,22,24)/t19-/m1/s1. The summed E-state index contributed by atoms with van der Waals surface area (Å²) in [6.45, 7) is 2.51. The monoisotopic (exact) mass is 337 g/mol. The van der Waals surface area contributed by atoms with Crippen LogP contribution in [0.25, 0.3) is 11.3 Å². The number of nitrogens with zero attached hydrogens (tertiary/aromatic N) is 2. The van der Waals surface area contributed by atoms with E-state index in [9.17, 15) is 4.79 Å². The second kappa shape index (κ2) is 7.23. The average Bonchev–Trinajstić information content (AvgIpc) is 3.52. The Bertz CT molecular complexity index is 731. The van der Waals surface area contributed by atoms with E-state index in [-0.39, 0.29) is 12.1 Å². The molecule has 4 rings (SSSR count). The molecule has 2 amide bonds. The van der Waals surface area contributed by atoms with Crippen molar-refractivity contribution in [2.24, 2.45) is 5.92 Å². The highest BCUT2D eigenvalue weighted by molar-refractivity contribution is 5.75. The van der Waals surface area contributed by atoms with E-state index in [0.29, 0.717) is 32.2 Å². The topological polar surface area (TPSA) is 54.5 Å². The van der Waals surface area contributed by atoms with Crippen LogP contribution < -0.4 is 5.32 Å². The lowest BCUT2D eigenvalue weighted by molar-refractivity contribution is 0.00463. The van der Waals surface area contributed by atoms with Gasteiger partial charge in [-0.3, -0.25) is 4.98 Å². The molecule has 1 aliphatic heterocycles. The summed E-state index contributed by atoms with van der Waals surface area (Å²) in [4.78, 5) is 19.0. The van der Waals surface area contributed by atoms with Crippen LogP contribution in [-0.4, -0.2) is 41.7 Å². The number of hydrogen-bond acceptors (Lipinski definition) is 3. The quantitative estimate of drug-likeness (QED) is 0.933. The molecule has 2 aromatic rings. The van der Waals surface area contributed by atoms with Gasteiger partial charge in [-0.25, -0.2) is 4.79 Å². The molecule has 25 heavy (non-hydrogen) atoms. The van der Waals surface area contributed by atoms with Crippen molar-refractivity contribution < 1.29 is 9.53 Å². The SMILES string of the molecule is O=C(NCc1cccc(-c2ccccn2)c1)N1CCOC[C@@H]1C1CC1. The van der Waals surface area contributed by atoms with Crippen LogP contribution in [0.3, 0.4) is 0 Å². The maximum absolute atomic E-state index is 12.6. The molecule has 0 unspecified atom stereocenters. The third-order valence-electron chi connectivity index (χ3n) is 4.92. The van der Waals surface area contributed by atoms with E-state index in [2.05, 4.69) is 16.4 Å². The fourth-order valence-corrected chi connectivity index (χ4v) is 3.40. The van der Waals surface area contributed by atoms with Crippen LogP contribution in [-0.2, 0) is 11.3 Å². The van der Waals surface area contributed by atoms with Gasteiger partial charge in [-0.2, -0.15) is 0 Å². The highest BCUT2D eigenvalue weighted by Gasteiger charge is 2.39. The number of amides is 2. The third kappa shape index (κ3) is 3.82. The molecule has 1 atom stereocenters. The third-order valence-corrected chi connectivity index (χ3v) is 4.92. The molecule has 5 heteroatoms. The first-order valence-electron chi connectivity index (χ1n) is 8.94. The number of morpholine rings is 1. The molecule has 2 heterocycles. The van der Waals surface area contributed by atoms with Crippen LogP contribution in [0.2, 0.25) is 0 Å². The van der Waals surface area contributed by atoms with Crippen LogP contribution in [0, 0.1) is 5.92 Å². The minimum Gasteiger partial charge on any atom is -0.377 e. The van der Waals surface area contributed by atoms with Crippen molar-refractivity contribution in [3.63, 3.8) is 0 Å². The van der Waals surface area contributed by atoms with Gasteiger partial charge < -0.3 is 15.0 Å². The average molecular weight is 337 g/mol. The number of ether oxygens (including phenoxy) is 1. The Kier molecular flexibility index (Phi) is 4.65. The molecule has 0 radical (unpaired) electrons. The van der Waals surface area contributed by atoms with Gasteiger partial charge in [0.05, 0.1) is 24.9 Å². The van der Waals surface area contributed by atoms with Crippen LogP contribution in [0.5, 0.6) is 0 Å². The number of nitrogens with one attached hydrogen (secondary N) is 1. The molecular weight excluding hydrogens is 314 g/mol. The second-order valence-corrected chi connectivity index (χ2v) is 6.75. The zero-order valence-electron chi connectivity index (χ0n) is 14.2. The normalized spacial score (nSPS) is 20.3. The number of hydrogen-bond donors (Lipinski definition) is 1. The number of carbonyl (C=O) groups excluding carboxylic acids is 1. The maximum atomic E-state index is 12.6. The number of pyridine rings is 1. The van der Waals surface area contributed by atoms with E-state index in [4.69, 9.17) is 4.74 Å². The molecule has 130 valence electrons. The van der Waals surface area contributed by atoms with Crippen LogP contribution in [0.15, 0.2) is 48.7 Å². The largest absolute Gasteiger partial charge is 0.377 e. The molecule has 1 aliphatic carbocycles. The first-order valence-corrected chi connectivity index (χ1v) is 8.94. The highest BCUT2D eigenvalue weighted by atomic mass is 16.5. The molecule has 2 fully saturated rings. The van der Waals surface area contributed by atoms with Crippen LogP contribution >= 0.6 is 0 Å². The molecule has 5 nitrogen and oxygen atoms in total. The molecule has 1 N–H and O–H groups in total. The minimum absolute atomic E-state index is 0.0171. The van der Waals surface area contributed by atoms with Gasteiger partial charge in [-0.15, -0.1) is 0 Å². The predicted octanol–water partition coefficient (Wildman–Crippen LogP) is 3.07. The lowest BCUT2D eigenvalue weighted by Gasteiger charge is -2.35. The molecule has 1 aromatic heterocycles. The van der Waals surface area contributed by atoms with Gasteiger partial charge in [-0.1, -0.05) is 24.3 Å². The second-order valence-electron chi connectivity index (χ2n) is 6.75. The van der Waals surface area contributed by atoms with Gasteiger partial charge >= 0.3 is 6.03 Å². The van der Waals surface area contributed by atoms with E-state index in [0.717, 1.165) is 16.8 Å². The van der Waals surface area contributed by atoms with Crippen molar-refractivity contribution in [2.75, 3.05) is 19.8 Å². The fraction of sp³-hybridized carbons (Fsp3) is 0.400. The summed E-state index contributed by atoms with van der Waals surface area (Å²) in [5.74, 6) is 0.624. The van der Waals surface area contributed by atoms with Crippen molar-refractivity contribution in [2.45, 2.75) is 25.4 Å². The van der Waals surface area contributed by atoms with E-state index in [1.54, 1.807) is 6.20 Å². The summed E-state index contributed by atoms with van der Waals surface area (Å²) >= 11 is 0.